The van der Waals surface area contributed by atoms with Gasteiger partial charge in [-0.05, 0) is 32.6 Å². The summed E-state index contributed by atoms with van der Waals surface area (Å²) >= 11 is 0. The van der Waals surface area contributed by atoms with Crippen molar-refractivity contribution >= 4 is 11.9 Å². The van der Waals surface area contributed by atoms with Crippen LogP contribution >= 0.6 is 0 Å². The van der Waals surface area contributed by atoms with E-state index in [1.54, 1.807) is 0 Å². The normalized spacial score (nSPS) is 15.8. The van der Waals surface area contributed by atoms with Gasteiger partial charge in [-0.3, -0.25) is 0 Å². The number of ether oxygens (including phenoxy) is 1. The maximum Gasteiger partial charge on any atom is 0.323 e. The number of aromatic nitrogens is 3. The molecule has 0 amide bonds. The highest BCUT2D eigenvalue weighted by Crippen LogP contribution is 2.33. The summed E-state index contributed by atoms with van der Waals surface area (Å²) in [7, 11) is 0. The van der Waals surface area contributed by atoms with E-state index in [4.69, 9.17) is 4.74 Å². The third-order valence-corrected chi connectivity index (χ3v) is 3.14. The lowest BCUT2D eigenvalue weighted by molar-refractivity contribution is 0.292. The Bertz CT molecular complexity index is 422. The fraction of sp³-hybridized carbons (Fsp3) is 0.786. The molecule has 1 aromatic rings. The third-order valence-electron chi connectivity index (χ3n) is 3.14. The first-order chi connectivity index (χ1) is 9.71. The smallest absolute Gasteiger partial charge is 0.323 e. The zero-order valence-electron chi connectivity index (χ0n) is 12.6. The second-order valence-corrected chi connectivity index (χ2v) is 5.37. The van der Waals surface area contributed by atoms with Crippen molar-refractivity contribution in [2.45, 2.75) is 52.5 Å². The van der Waals surface area contributed by atoms with Gasteiger partial charge in [0.15, 0.2) is 0 Å². The average Bonchev–Trinajstić information content (AvgIpc) is 3.20. The van der Waals surface area contributed by atoms with E-state index >= 15 is 0 Å². The molecule has 112 valence electrons. The fourth-order valence-corrected chi connectivity index (χ4v) is 2.05. The van der Waals surface area contributed by atoms with Gasteiger partial charge in [-0.2, -0.15) is 15.0 Å². The van der Waals surface area contributed by atoms with E-state index in [-0.39, 0.29) is 0 Å². The molecular formula is C14H25N5O. The molecular weight excluding hydrogens is 254 g/mol. The van der Waals surface area contributed by atoms with Crippen molar-refractivity contribution in [1.82, 2.24) is 15.0 Å². The molecule has 0 bridgehead atoms. The average molecular weight is 279 g/mol. The highest BCUT2D eigenvalue weighted by molar-refractivity contribution is 5.36. The zero-order chi connectivity index (χ0) is 14.4. The van der Waals surface area contributed by atoms with E-state index < -0.39 is 0 Å². The standard InChI is InChI=1S/C14H25N5O/c1-4-8-20-14-18-12(15-5-2)17-13(19-14)16-10(3)9-11-6-7-11/h10-11H,4-9H2,1-3H3,(H2,15,16,17,18,19). The molecule has 1 heterocycles. The first-order valence-corrected chi connectivity index (χ1v) is 7.60. The molecule has 2 rings (SSSR count). The molecule has 0 radical (unpaired) electrons. The first kappa shape index (κ1) is 14.8. The molecule has 2 N–H and O–H groups in total. The van der Waals surface area contributed by atoms with Gasteiger partial charge in [0.1, 0.15) is 0 Å². The van der Waals surface area contributed by atoms with Crippen LogP contribution in [0.5, 0.6) is 6.01 Å². The van der Waals surface area contributed by atoms with Gasteiger partial charge in [-0.1, -0.05) is 19.8 Å². The van der Waals surface area contributed by atoms with Crippen LogP contribution in [-0.4, -0.2) is 34.1 Å². The SMILES string of the molecule is CCCOc1nc(NCC)nc(NC(C)CC2CC2)n1. The van der Waals surface area contributed by atoms with Crippen LogP contribution in [0.25, 0.3) is 0 Å². The minimum absolute atomic E-state index is 0.374. The highest BCUT2D eigenvalue weighted by Gasteiger charge is 2.24. The maximum absolute atomic E-state index is 5.52. The second-order valence-electron chi connectivity index (χ2n) is 5.37. The number of nitrogens with zero attached hydrogens (tertiary/aromatic N) is 3. The Morgan fingerprint density at radius 1 is 1.20 bits per heavy atom. The molecule has 0 aliphatic heterocycles. The summed E-state index contributed by atoms with van der Waals surface area (Å²) in [4.78, 5) is 12.9. The summed E-state index contributed by atoms with van der Waals surface area (Å²) in [6.45, 7) is 7.63. The van der Waals surface area contributed by atoms with Crippen LogP contribution < -0.4 is 15.4 Å². The molecule has 0 aromatic carbocycles. The van der Waals surface area contributed by atoms with Crippen molar-refractivity contribution in [2.24, 2.45) is 5.92 Å². The van der Waals surface area contributed by atoms with Gasteiger partial charge in [0, 0.05) is 12.6 Å². The van der Waals surface area contributed by atoms with E-state index in [2.05, 4.69) is 39.4 Å². The highest BCUT2D eigenvalue weighted by atomic mass is 16.5. The molecule has 1 aromatic heterocycles. The van der Waals surface area contributed by atoms with Gasteiger partial charge in [-0.15, -0.1) is 0 Å². The monoisotopic (exact) mass is 279 g/mol. The molecule has 1 saturated carbocycles. The number of hydrogen-bond acceptors (Lipinski definition) is 6. The summed E-state index contributed by atoms with van der Waals surface area (Å²) < 4.78 is 5.52. The number of hydrogen-bond donors (Lipinski definition) is 2. The Morgan fingerprint density at radius 2 is 1.95 bits per heavy atom. The lowest BCUT2D eigenvalue weighted by Crippen LogP contribution is -2.19. The van der Waals surface area contributed by atoms with Gasteiger partial charge < -0.3 is 15.4 Å². The van der Waals surface area contributed by atoms with Crippen molar-refractivity contribution in [3.8, 4) is 6.01 Å². The summed E-state index contributed by atoms with van der Waals surface area (Å²) in [6, 6.07) is 0.761. The van der Waals surface area contributed by atoms with Gasteiger partial charge >= 0.3 is 6.01 Å². The molecule has 1 aliphatic rings. The van der Waals surface area contributed by atoms with Crippen LogP contribution in [0, 0.1) is 5.92 Å². The zero-order valence-corrected chi connectivity index (χ0v) is 12.6. The summed E-state index contributed by atoms with van der Waals surface area (Å²) in [5, 5.41) is 6.46. The molecule has 0 saturated heterocycles. The van der Waals surface area contributed by atoms with Gasteiger partial charge in [0.05, 0.1) is 6.61 Å². The summed E-state index contributed by atoms with van der Waals surface area (Å²) in [5.74, 6) is 2.04. The Balaban J connectivity index is 2.01. The van der Waals surface area contributed by atoms with E-state index in [1.807, 2.05) is 6.92 Å². The van der Waals surface area contributed by atoms with Crippen molar-refractivity contribution in [3.05, 3.63) is 0 Å². The molecule has 1 fully saturated rings. The van der Waals surface area contributed by atoms with Crippen LogP contribution in [0.15, 0.2) is 0 Å². The molecule has 1 unspecified atom stereocenters. The van der Waals surface area contributed by atoms with Crippen molar-refractivity contribution in [2.75, 3.05) is 23.8 Å². The van der Waals surface area contributed by atoms with Crippen molar-refractivity contribution in [1.29, 1.82) is 0 Å². The maximum atomic E-state index is 5.52. The quantitative estimate of drug-likeness (QED) is 0.724. The fourth-order valence-electron chi connectivity index (χ4n) is 2.05. The van der Waals surface area contributed by atoms with Crippen LogP contribution in [0.1, 0.15) is 46.5 Å². The van der Waals surface area contributed by atoms with Crippen molar-refractivity contribution in [3.63, 3.8) is 0 Å². The third kappa shape index (κ3) is 4.83. The predicted molar refractivity (Wildman–Crippen MR) is 80.2 cm³/mol. The Morgan fingerprint density at radius 3 is 2.60 bits per heavy atom. The van der Waals surface area contributed by atoms with E-state index in [1.165, 1.54) is 19.3 Å². The summed E-state index contributed by atoms with van der Waals surface area (Å²) in [5.41, 5.74) is 0. The minimum atomic E-state index is 0.374. The van der Waals surface area contributed by atoms with E-state index in [0.29, 0.717) is 30.6 Å². The molecule has 20 heavy (non-hydrogen) atoms. The van der Waals surface area contributed by atoms with Gasteiger partial charge in [0.25, 0.3) is 0 Å². The minimum Gasteiger partial charge on any atom is -0.463 e. The van der Waals surface area contributed by atoms with Gasteiger partial charge in [-0.25, -0.2) is 0 Å². The Labute approximate surface area is 120 Å². The number of rotatable bonds is 9. The first-order valence-electron chi connectivity index (χ1n) is 7.60. The topological polar surface area (TPSA) is 72.0 Å². The Hall–Kier alpha value is -1.59. The molecule has 0 spiro atoms. The molecule has 6 nitrogen and oxygen atoms in total. The molecule has 1 aliphatic carbocycles. The van der Waals surface area contributed by atoms with Crippen LogP contribution in [-0.2, 0) is 0 Å². The number of nitrogens with one attached hydrogen (secondary N) is 2. The van der Waals surface area contributed by atoms with Crippen LogP contribution in [0.4, 0.5) is 11.9 Å². The van der Waals surface area contributed by atoms with Gasteiger partial charge in [0.2, 0.25) is 11.9 Å². The van der Waals surface area contributed by atoms with Crippen LogP contribution in [0.3, 0.4) is 0 Å². The summed E-state index contributed by atoms with van der Waals surface area (Å²) in [6.07, 6.45) is 4.82. The van der Waals surface area contributed by atoms with Crippen molar-refractivity contribution < 1.29 is 4.74 Å². The lowest BCUT2D eigenvalue weighted by atomic mass is 10.2. The molecule has 1 atom stereocenters. The van der Waals surface area contributed by atoms with E-state index in [9.17, 15) is 0 Å². The second kappa shape index (κ2) is 7.26. The van der Waals surface area contributed by atoms with Crippen LogP contribution in [0.2, 0.25) is 0 Å². The largest absolute Gasteiger partial charge is 0.463 e. The lowest BCUT2D eigenvalue weighted by Gasteiger charge is -2.14. The predicted octanol–water partition coefficient (Wildman–Crippen LogP) is 2.69. The molecule has 6 heteroatoms. The number of anilines is 2. The van der Waals surface area contributed by atoms with E-state index in [0.717, 1.165) is 18.9 Å². The Kier molecular flexibility index (Phi) is 5.38.